The zero-order chi connectivity index (χ0) is 16.4. The van der Waals surface area contributed by atoms with Crippen LogP contribution in [0.3, 0.4) is 0 Å². The molecule has 7 atom stereocenters. The summed E-state index contributed by atoms with van der Waals surface area (Å²) < 4.78 is 28.0. The molecule has 3 N–H and O–H groups in total. The number of rotatable bonds is 7. The van der Waals surface area contributed by atoms with E-state index in [1.54, 1.807) is 21.7 Å². The third kappa shape index (κ3) is 4.51. The average Bonchev–Trinajstić information content (AvgIpc) is 2.63. The van der Waals surface area contributed by atoms with Gasteiger partial charge in [0, 0.05) is 13.5 Å². The van der Waals surface area contributed by atoms with Crippen LogP contribution in [0.15, 0.2) is 0 Å². The smallest absolute Gasteiger partial charge is 0.356 e. The molecule has 9 heteroatoms. The molecule has 1 saturated heterocycles. The van der Waals surface area contributed by atoms with E-state index in [0.717, 1.165) is 0 Å². The number of hydrogen-bond acceptors (Lipinski definition) is 6. The number of ether oxygens (including phenoxy) is 2. The minimum Gasteiger partial charge on any atom is -0.388 e. The predicted molar refractivity (Wildman–Crippen MR) is 79.9 cm³/mol. The first kappa shape index (κ1) is 19.1. The third-order valence-electron chi connectivity index (χ3n) is 4.05. The molecule has 0 saturated carbocycles. The molecule has 1 heterocycles. The van der Waals surface area contributed by atoms with Crippen LogP contribution in [-0.4, -0.2) is 65.8 Å². The van der Waals surface area contributed by atoms with Gasteiger partial charge in [-0.15, -0.1) is 0 Å². The lowest BCUT2D eigenvalue weighted by Crippen LogP contribution is -2.39. The topological polar surface area (TPSA) is 105 Å². The highest BCUT2D eigenvalue weighted by atomic mass is 31.2. The van der Waals surface area contributed by atoms with Gasteiger partial charge in [0.25, 0.3) is 0 Å². The Labute approximate surface area is 126 Å². The van der Waals surface area contributed by atoms with Gasteiger partial charge in [0.2, 0.25) is 0 Å². The van der Waals surface area contributed by atoms with E-state index in [1.807, 2.05) is 0 Å². The van der Waals surface area contributed by atoms with Gasteiger partial charge < -0.3 is 29.1 Å². The fraction of sp³-hybridized carbons (Fsp3) is 1.00. The number of hydrogen-bond donors (Lipinski definition) is 3. The van der Waals surface area contributed by atoms with Crippen molar-refractivity contribution in [3.05, 3.63) is 0 Å². The van der Waals surface area contributed by atoms with Gasteiger partial charge in [0.05, 0.1) is 17.7 Å². The standard InChI is InChI=1S/C12H26BO7P/c1-5-12(3,20-21(16,17)7(2)14)6-8-9(15)10(18-4)11(13)19-8/h7-11,14-15H,5-6,13H2,1-4H3,(H,16,17)/t7-,8+,9+,10+,11+,12?/m0/s1. The zero-order valence-corrected chi connectivity index (χ0v) is 14.1. The van der Waals surface area contributed by atoms with Gasteiger partial charge in [-0.1, -0.05) is 6.92 Å². The van der Waals surface area contributed by atoms with Crippen LogP contribution in [0.4, 0.5) is 0 Å². The minimum absolute atomic E-state index is 0.228. The SMILES string of the molecule is B[C@@H]1O[C@H](CC(C)(CC)OP(=O)(O)[C@@H](C)O)[C@@H](O)[C@H]1OC. The van der Waals surface area contributed by atoms with Gasteiger partial charge in [-0.25, -0.2) is 0 Å². The number of methoxy groups -OCH3 is 1. The highest BCUT2D eigenvalue weighted by Gasteiger charge is 2.46. The van der Waals surface area contributed by atoms with E-state index in [1.165, 1.54) is 14.0 Å². The van der Waals surface area contributed by atoms with Crippen LogP contribution in [0.25, 0.3) is 0 Å². The maximum atomic E-state index is 11.9. The summed E-state index contributed by atoms with van der Waals surface area (Å²) >= 11 is 0. The van der Waals surface area contributed by atoms with Gasteiger partial charge >= 0.3 is 7.60 Å². The first-order valence-corrected chi connectivity index (χ1v) is 8.78. The minimum atomic E-state index is -4.13. The second-order valence-electron chi connectivity index (χ2n) is 5.87. The predicted octanol–water partition coefficient (Wildman–Crippen LogP) is -0.181. The number of aliphatic hydroxyl groups excluding tert-OH is 2. The van der Waals surface area contributed by atoms with E-state index in [0.29, 0.717) is 6.42 Å². The van der Waals surface area contributed by atoms with E-state index in [9.17, 15) is 19.7 Å². The summed E-state index contributed by atoms with van der Waals surface area (Å²) in [6, 6.07) is -0.270. The molecule has 0 aromatic rings. The van der Waals surface area contributed by atoms with Crippen LogP contribution in [0.2, 0.25) is 0 Å². The van der Waals surface area contributed by atoms with Crippen molar-refractivity contribution in [2.24, 2.45) is 0 Å². The molecule has 124 valence electrons. The monoisotopic (exact) mass is 324 g/mol. The third-order valence-corrected chi connectivity index (χ3v) is 5.69. The lowest BCUT2D eigenvalue weighted by atomic mass is 9.89. The Morgan fingerprint density at radius 1 is 1.52 bits per heavy atom. The van der Waals surface area contributed by atoms with Crippen LogP contribution >= 0.6 is 7.60 Å². The summed E-state index contributed by atoms with van der Waals surface area (Å²) in [5.41, 5.74) is -0.991. The Morgan fingerprint density at radius 2 is 2.10 bits per heavy atom. The molecule has 1 aliphatic rings. The highest BCUT2D eigenvalue weighted by Crippen LogP contribution is 2.51. The molecule has 1 rings (SSSR count). The molecule has 1 aliphatic heterocycles. The lowest BCUT2D eigenvalue weighted by molar-refractivity contribution is -0.0412. The molecule has 0 aliphatic carbocycles. The molecule has 7 nitrogen and oxygen atoms in total. The summed E-state index contributed by atoms with van der Waals surface area (Å²) in [6.07, 6.45) is -1.16. The van der Waals surface area contributed by atoms with Gasteiger partial charge in [-0.3, -0.25) is 4.57 Å². The molecule has 21 heavy (non-hydrogen) atoms. The molecular formula is C12H26BO7P. The van der Waals surface area contributed by atoms with Crippen molar-refractivity contribution in [2.75, 3.05) is 7.11 Å². The van der Waals surface area contributed by atoms with Crippen LogP contribution in [-0.2, 0) is 18.6 Å². The van der Waals surface area contributed by atoms with E-state index in [4.69, 9.17) is 14.0 Å². The summed E-state index contributed by atoms with van der Waals surface area (Å²) in [5, 5.41) is 19.5. The molecule has 0 spiro atoms. The molecule has 0 aromatic carbocycles. The molecule has 0 bridgehead atoms. The van der Waals surface area contributed by atoms with Crippen molar-refractivity contribution in [3.63, 3.8) is 0 Å². The average molecular weight is 324 g/mol. The van der Waals surface area contributed by atoms with Crippen LogP contribution < -0.4 is 0 Å². The zero-order valence-electron chi connectivity index (χ0n) is 13.2. The normalized spacial score (nSPS) is 36.9. The Kier molecular flexibility index (Phi) is 6.45. The van der Waals surface area contributed by atoms with Crippen LogP contribution in [0, 0.1) is 0 Å². The highest BCUT2D eigenvalue weighted by molar-refractivity contribution is 7.53. The summed E-state index contributed by atoms with van der Waals surface area (Å²) in [6.45, 7) is 4.68. The van der Waals surface area contributed by atoms with E-state index < -0.39 is 37.4 Å². The first-order chi connectivity index (χ1) is 9.56. The number of aliphatic hydroxyl groups is 2. The maximum Gasteiger partial charge on any atom is 0.356 e. The quantitative estimate of drug-likeness (QED) is 0.441. The summed E-state index contributed by atoms with van der Waals surface area (Å²) in [5.74, 6) is -1.47. The van der Waals surface area contributed by atoms with E-state index in [2.05, 4.69) is 0 Å². The molecule has 1 fully saturated rings. The van der Waals surface area contributed by atoms with Crippen molar-refractivity contribution in [3.8, 4) is 0 Å². The molecule has 0 radical (unpaired) electrons. The van der Waals surface area contributed by atoms with Crippen molar-refractivity contribution < 1.29 is 33.7 Å². The second kappa shape index (κ2) is 7.09. The molecular weight excluding hydrogens is 298 g/mol. The van der Waals surface area contributed by atoms with Gasteiger partial charge in [-0.2, -0.15) is 0 Å². The van der Waals surface area contributed by atoms with E-state index >= 15 is 0 Å². The first-order valence-electron chi connectivity index (χ1n) is 7.14. The van der Waals surface area contributed by atoms with Crippen molar-refractivity contribution in [1.82, 2.24) is 0 Å². The Hall–Kier alpha value is 0.0549. The fourth-order valence-corrected chi connectivity index (χ4v) is 3.47. The largest absolute Gasteiger partial charge is 0.388 e. The van der Waals surface area contributed by atoms with Gasteiger partial charge in [0.1, 0.15) is 20.1 Å². The van der Waals surface area contributed by atoms with Gasteiger partial charge in [-0.05, 0) is 20.3 Å². The van der Waals surface area contributed by atoms with Gasteiger partial charge in [0.15, 0.2) is 5.85 Å². The Balaban J connectivity index is 2.80. The maximum absolute atomic E-state index is 11.9. The summed E-state index contributed by atoms with van der Waals surface area (Å²) in [7, 11) is -0.829. The fourth-order valence-electron chi connectivity index (χ4n) is 2.49. The Bertz CT molecular complexity index is 394. The van der Waals surface area contributed by atoms with E-state index in [-0.39, 0.29) is 12.4 Å². The summed E-state index contributed by atoms with van der Waals surface area (Å²) in [4.78, 5) is 9.70. The molecule has 2 unspecified atom stereocenters. The lowest BCUT2D eigenvalue weighted by Gasteiger charge is -2.34. The Morgan fingerprint density at radius 3 is 2.48 bits per heavy atom. The van der Waals surface area contributed by atoms with Crippen molar-refractivity contribution in [2.45, 2.75) is 69.4 Å². The molecule has 0 aromatic heterocycles. The second-order valence-corrected chi connectivity index (χ2v) is 7.92. The molecule has 0 amide bonds. The van der Waals surface area contributed by atoms with Crippen molar-refractivity contribution in [1.29, 1.82) is 0 Å². The van der Waals surface area contributed by atoms with Crippen LogP contribution in [0.1, 0.15) is 33.6 Å². The van der Waals surface area contributed by atoms with Crippen molar-refractivity contribution >= 4 is 15.4 Å². The van der Waals surface area contributed by atoms with Crippen LogP contribution in [0.5, 0.6) is 0 Å².